The van der Waals surface area contributed by atoms with Crippen molar-refractivity contribution in [3.63, 3.8) is 0 Å². The van der Waals surface area contributed by atoms with Crippen LogP contribution in [0.3, 0.4) is 0 Å². The van der Waals surface area contributed by atoms with Gasteiger partial charge in [0.15, 0.2) is 0 Å². The second kappa shape index (κ2) is 9.88. The number of anilines is 1. The van der Waals surface area contributed by atoms with Crippen molar-refractivity contribution >= 4 is 21.6 Å². The van der Waals surface area contributed by atoms with E-state index in [0.717, 1.165) is 18.5 Å². The first-order valence-corrected chi connectivity index (χ1v) is 11.8. The summed E-state index contributed by atoms with van der Waals surface area (Å²) in [6, 6.07) is 4.93. The summed E-state index contributed by atoms with van der Waals surface area (Å²) in [5, 5.41) is 3.05. The second-order valence-electron chi connectivity index (χ2n) is 7.28. The standard InChI is InChI=1S/C20H31N3O5S/c1-3-16(4-2)21-20(24)18-15-17(29(25,26)23-9-13-28-14-10-23)5-6-19(18)22-7-11-27-12-8-22/h5-6,15-16H,3-4,7-14H2,1-2H3,(H,21,24). The minimum absolute atomic E-state index is 0.0551. The van der Waals surface area contributed by atoms with Gasteiger partial charge in [-0.2, -0.15) is 4.31 Å². The first kappa shape index (κ1) is 22.0. The van der Waals surface area contributed by atoms with Crippen molar-refractivity contribution in [2.24, 2.45) is 0 Å². The Morgan fingerprint density at radius 3 is 2.21 bits per heavy atom. The summed E-state index contributed by atoms with van der Waals surface area (Å²) in [5.41, 5.74) is 1.14. The zero-order valence-corrected chi connectivity index (χ0v) is 18.0. The Morgan fingerprint density at radius 2 is 1.62 bits per heavy atom. The average molecular weight is 426 g/mol. The molecule has 2 aliphatic heterocycles. The molecule has 2 fully saturated rings. The van der Waals surface area contributed by atoms with E-state index in [-0.39, 0.29) is 16.8 Å². The Labute approximate surface area is 173 Å². The van der Waals surface area contributed by atoms with E-state index in [1.54, 1.807) is 12.1 Å². The van der Waals surface area contributed by atoms with Crippen molar-refractivity contribution in [3.8, 4) is 0 Å². The predicted octanol–water partition coefficient (Wildman–Crippen LogP) is 1.46. The molecule has 0 atom stereocenters. The number of sulfonamides is 1. The minimum atomic E-state index is -3.68. The Bertz CT molecular complexity index is 798. The van der Waals surface area contributed by atoms with Crippen molar-refractivity contribution in [1.29, 1.82) is 0 Å². The molecule has 9 heteroatoms. The van der Waals surface area contributed by atoms with Crippen LogP contribution < -0.4 is 10.2 Å². The number of carbonyl (C=O) groups is 1. The first-order valence-electron chi connectivity index (χ1n) is 10.3. The van der Waals surface area contributed by atoms with Gasteiger partial charge in [0.2, 0.25) is 10.0 Å². The number of nitrogens with zero attached hydrogens (tertiary/aromatic N) is 2. The maximum Gasteiger partial charge on any atom is 0.253 e. The zero-order chi connectivity index (χ0) is 20.9. The van der Waals surface area contributed by atoms with Crippen molar-refractivity contribution in [3.05, 3.63) is 23.8 Å². The molecule has 0 aromatic heterocycles. The van der Waals surface area contributed by atoms with Crippen LogP contribution in [-0.4, -0.2) is 77.3 Å². The largest absolute Gasteiger partial charge is 0.379 e. The zero-order valence-electron chi connectivity index (χ0n) is 17.2. The molecule has 1 aromatic rings. The number of morpholine rings is 2. The number of ether oxygens (including phenoxy) is 2. The van der Waals surface area contributed by atoms with Gasteiger partial charge in [0.25, 0.3) is 5.91 Å². The van der Waals surface area contributed by atoms with Gasteiger partial charge in [-0.3, -0.25) is 4.79 Å². The molecule has 0 bridgehead atoms. The number of rotatable bonds is 7. The predicted molar refractivity (Wildman–Crippen MR) is 111 cm³/mol. The van der Waals surface area contributed by atoms with E-state index in [1.807, 2.05) is 13.8 Å². The van der Waals surface area contributed by atoms with Gasteiger partial charge in [0.1, 0.15) is 0 Å². The monoisotopic (exact) mass is 425 g/mol. The summed E-state index contributed by atoms with van der Waals surface area (Å²) in [6.45, 7) is 7.96. The summed E-state index contributed by atoms with van der Waals surface area (Å²) in [7, 11) is -3.68. The van der Waals surface area contributed by atoms with Gasteiger partial charge in [0.05, 0.1) is 36.9 Å². The van der Waals surface area contributed by atoms with Crippen molar-refractivity contribution in [2.75, 3.05) is 57.5 Å². The van der Waals surface area contributed by atoms with Crippen LogP contribution in [0.5, 0.6) is 0 Å². The molecule has 0 radical (unpaired) electrons. The lowest BCUT2D eigenvalue weighted by Gasteiger charge is -2.31. The third kappa shape index (κ3) is 5.09. The quantitative estimate of drug-likeness (QED) is 0.712. The van der Waals surface area contributed by atoms with Gasteiger partial charge >= 0.3 is 0 Å². The summed E-state index contributed by atoms with van der Waals surface area (Å²) in [4.78, 5) is 15.3. The average Bonchev–Trinajstić information content (AvgIpc) is 2.78. The topological polar surface area (TPSA) is 88.2 Å². The van der Waals surface area contributed by atoms with E-state index in [9.17, 15) is 13.2 Å². The van der Waals surface area contributed by atoms with Crippen LogP contribution in [0.1, 0.15) is 37.0 Å². The number of hydrogen-bond acceptors (Lipinski definition) is 6. The molecule has 2 saturated heterocycles. The summed E-state index contributed by atoms with van der Waals surface area (Å²) >= 11 is 0. The molecule has 0 unspecified atom stereocenters. The molecule has 0 spiro atoms. The van der Waals surface area contributed by atoms with E-state index >= 15 is 0 Å². The van der Waals surface area contributed by atoms with Crippen molar-refractivity contribution in [2.45, 2.75) is 37.6 Å². The number of amides is 1. The van der Waals surface area contributed by atoms with Gasteiger partial charge in [-0.25, -0.2) is 8.42 Å². The van der Waals surface area contributed by atoms with E-state index in [1.165, 1.54) is 10.4 Å². The summed E-state index contributed by atoms with van der Waals surface area (Å²) in [6.07, 6.45) is 1.64. The highest BCUT2D eigenvalue weighted by Gasteiger charge is 2.29. The lowest BCUT2D eigenvalue weighted by atomic mass is 10.1. The number of nitrogens with one attached hydrogen (secondary N) is 1. The third-order valence-corrected chi connectivity index (χ3v) is 7.39. The molecular weight excluding hydrogens is 394 g/mol. The highest BCUT2D eigenvalue weighted by atomic mass is 32.2. The third-order valence-electron chi connectivity index (χ3n) is 5.49. The minimum Gasteiger partial charge on any atom is -0.379 e. The smallest absolute Gasteiger partial charge is 0.253 e. The van der Waals surface area contributed by atoms with Gasteiger partial charge in [0, 0.05) is 37.9 Å². The Balaban J connectivity index is 1.96. The first-order chi connectivity index (χ1) is 14.0. The molecular formula is C20H31N3O5S. The molecule has 1 amide bonds. The van der Waals surface area contributed by atoms with Gasteiger partial charge < -0.3 is 19.7 Å². The molecule has 162 valence electrons. The Kier molecular flexibility index (Phi) is 7.50. The fourth-order valence-electron chi connectivity index (χ4n) is 3.63. The lowest BCUT2D eigenvalue weighted by Crippen LogP contribution is -2.41. The molecule has 8 nitrogen and oxygen atoms in total. The molecule has 0 aliphatic carbocycles. The normalized spacial score (nSPS) is 18.8. The van der Waals surface area contributed by atoms with E-state index in [4.69, 9.17) is 9.47 Å². The van der Waals surface area contributed by atoms with Crippen molar-refractivity contribution < 1.29 is 22.7 Å². The molecule has 2 heterocycles. The fraction of sp³-hybridized carbons (Fsp3) is 0.650. The second-order valence-corrected chi connectivity index (χ2v) is 9.22. The van der Waals surface area contributed by atoms with Crippen molar-refractivity contribution in [1.82, 2.24) is 9.62 Å². The number of carbonyl (C=O) groups excluding carboxylic acids is 1. The summed E-state index contributed by atoms with van der Waals surface area (Å²) in [5.74, 6) is -0.237. The maximum atomic E-state index is 13.1. The van der Waals surface area contributed by atoms with Gasteiger partial charge in [-0.1, -0.05) is 13.8 Å². The van der Waals surface area contributed by atoms with Crippen LogP contribution in [0, 0.1) is 0 Å². The lowest BCUT2D eigenvalue weighted by molar-refractivity contribution is 0.0730. The van der Waals surface area contributed by atoms with Crippen LogP contribution in [0.4, 0.5) is 5.69 Å². The van der Waals surface area contributed by atoms with Gasteiger partial charge in [-0.05, 0) is 31.0 Å². The number of hydrogen-bond donors (Lipinski definition) is 1. The Morgan fingerprint density at radius 1 is 1.03 bits per heavy atom. The fourth-order valence-corrected chi connectivity index (χ4v) is 5.06. The Hall–Kier alpha value is -1.68. The highest BCUT2D eigenvalue weighted by molar-refractivity contribution is 7.89. The maximum absolute atomic E-state index is 13.1. The van der Waals surface area contributed by atoms with E-state index in [0.29, 0.717) is 58.2 Å². The van der Waals surface area contributed by atoms with E-state index in [2.05, 4.69) is 10.2 Å². The van der Waals surface area contributed by atoms with Crippen LogP contribution >= 0.6 is 0 Å². The highest BCUT2D eigenvalue weighted by Crippen LogP contribution is 2.27. The van der Waals surface area contributed by atoms with Crippen LogP contribution in [0.2, 0.25) is 0 Å². The number of benzene rings is 1. The molecule has 0 saturated carbocycles. The molecule has 29 heavy (non-hydrogen) atoms. The molecule has 1 N–H and O–H groups in total. The molecule has 2 aliphatic rings. The molecule has 1 aromatic carbocycles. The SMILES string of the molecule is CCC(CC)NC(=O)c1cc(S(=O)(=O)N2CCOCC2)ccc1N1CCOCC1. The van der Waals surface area contributed by atoms with Crippen LogP contribution in [0.15, 0.2) is 23.1 Å². The van der Waals surface area contributed by atoms with Crippen LogP contribution in [-0.2, 0) is 19.5 Å². The van der Waals surface area contributed by atoms with E-state index < -0.39 is 10.0 Å². The molecule has 3 rings (SSSR count). The van der Waals surface area contributed by atoms with Gasteiger partial charge in [-0.15, -0.1) is 0 Å². The van der Waals surface area contributed by atoms with Crippen LogP contribution in [0.25, 0.3) is 0 Å². The summed E-state index contributed by atoms with van der Waals surface area (Å²) < 4.78 is 38.3.